The maximum absolute atomic E-state index is 11.8. The molecule has 1 aromatic rings. The molecule has 0 bridgehead atoms. The van der Waals surface area contributed by atoms with E-state index in [-0.39, 0.29) is 26.7 Å². The number of aliphatic hydroxyl groups is 1. The molecule has 0 amide bonds. The fourth-order valence-corrected chi connectivity index (χ4v) is 4.48. The van der Waals surface area contributed by atoms with E-state index in [1.165, 1.54) is 0 Å². The fraction of sp³-hybridized carbons (Fsp3) is 0.375. The summed E-state index contributed by atoms with van der Waals surface area (Å²) in [6.45, 7) is -0.0166. The number of hydrogen-bond donors (Lipinski definition) is 3. The lowest BCUT2D eigenvalue weighted by atomic mass is 10.5. The van der Waals surface area contributed by atoms with Crippen LogP contribution in [0.2, 0.25) is 0 Å². The van der Waals surface area contributed by atoms with E-state index in [9.17, 15) is 13.2 Å². The highest BCUT2D eigenvalue weighted by Gasteiger charge is 2.22. The number of rotatable bonds is 6. The van der Waals surface area contributed by atoms with E-state index < -0.39 is 16.0 Å². The van der Waals surface area contributed by atoms with Gasteiger partial charge in [0.05, 0.1) is 3.79 Å². The van der Waals surface area contributed by atoms with Crippen LogP contribution < -0.4 is 4.72 Å². The Morgan fingerprint density at radius 1 is 1.53 bits per heavy atom. The first-order valence-electron chi connectivity index (χ1n) is 4.51. The monoisotopic (exact) mass is 343 g/mol. The number of aliphatic hydroxyl groups excluding tert-OH is 1. The lowest BCUT2D eigenvalue weighted by Crippen LogP contribution is -2.25. The molecule has 0 spiro atoms. The van der Waals surface area contributed by atoms with Gasteiger partial charge in [0.15, 0.2) is 0 Å². The molecular formula is C8H10BrNO5S2. The predicted octanol–water partition coefficient (Wildman–Crippen LogP) is 0.870. The van der Waals surface area contributed by atoms with Crippen molar-refractivity contribution in [3.05, 3.63) is 14.7 Å². The summed E-state index contributed by atoms with van der Waals surface area (Å²) in [6, 6.07) is 1.10. The normalized spacial score (nSPS) is 11.6. The second-order valence-electron chi connectivity index (χ2n) is 3.03. The first kappa shape index (κ1) is 14.6. The molecule has 1 rings (SSSR count). The number of halogens is 1. The summed E-state index contributed by atoms with van der Waals surface area (Å²) in [5, 5.41) is 17.3. The number of carbonyl (C=O) groups is 1. The molecule has 9 heteroatoms. The zero-order valence-electron chi connectivity index (χ0n) is 8.51. The van der Waals surface area contributed by atoms with E-state index in [0.717, 1.165) is 17.4 Å². The van der Waals surface area contributed by atoms with Crippen molar-refractivity contribution >= 4 is 43.3 Å². The molecule has 0 atom stereocenters. The van der Waals surface area contributed by atoms with Gasteiger partial charge in [-0.05, 0) is 28.4 Å². The van der Waals surface area contributed by atoms with Crippen molar-refractivity contribution in [2.75, 3.05) is 13.2 Å². The van der Waals surface area contributed by atoms with Crippen molar-refractivity contribution in [3.8, 4) is 0 Å². The number of aromatic carboxylic acids is 1. The lowest BCUT2D eigenvalue weighted by molar-refractivity contribution is 0.0702. The Labute approximate surface area is 110 Å². The van der Waals surface area contributed by atoms with Gasteiger partial charge in [0.2, 0.25) is 10.0 Å². The molecule has 0 saturated heterocycles. The second-order valence-corrected chi connectivity index (χ2v) is 7.13. The Balaban J connectivity index is 2.95. The number of thiophene rings is 1. The van der Waals surface area contributed by atoms with Gasteiger partial charge in [-0.15, -0.1) is 11.3 Å². The van der Waals surface area contributed by atoms with Gasteiger partial charge >= 0.3 is 5.97 Å². The summed E-state index contributed by atoms with van der Waals surface area (Å²) in [6.07, 6.45) is 0.298. The topological polar surface area (TPSA) is 104 Å². The van der Waals surface area contributed by atoms with E-state index in [1.807, 2.05) is 0 Å². The molecule has 96 valence electrons. The average Bonchev–Trinajstić information content (AvgIpc) is 2.61. The van der Waals surface area contributed by atoms with E-state index in [4.69, 9.17) is 10.2 Å². The minimum atomic E-state index is -3.74. The molecule has 0 aliphatic carbocycles. The van der Waals surface area contributed by atoms with Crippen LogP contribution >= 0.6 is 27.3 Å². The highest BCUT2D eigenvalue weighted by molar-refractivity contribution is 9.11. The van der Waals surface area contributed by atoms with Gasteiger partial charge in [-0.2, -0.15) is 0 Å². The van der Waals surface area contributed by atoms with Crippen molar-refractivity contribution in [3.63, 3.8) is 0 Å². The zero-order chi connectivity index (χ0) is 13.1. The van der Waals surface area contributed by atoms with Crippen LogP contribution in [0.3, 0.4) is 0 Å². The molecule has 0 saturated carbocycles. The van der Waals surface area contributed by atoms with Gasteiger partial charge in [0.25, 0.3) is 0 Å². The van der Waals surface area contributed by atoms with Crippen LogP contribution in [0.5, 0.6) is 0 Å². The van der Waals surface area contributed by atoms with Crippen molar-refractivity contribution in [2.45, 2.75) is 11.3 Å². The van der Waals surface area contributed by atoms with Crippen LogP contribution in [0.15, 0.2) is 14.7 Å². The Morgan fingerprint density at radius 2 is 2.18 bits per heavy atom. The molecule has 0 aliphatic heterocycles. The summed E-state index contributed by atoms with van der Waals surface area (Å²) >= 11 is 3.85. The summed E-state index contributed by atoms with van der Waals surface area (Å²) < 4.78 is 26.0. The third-order valence-corrected chi connectivity index (χ3v) is 5.48. The van der Waals surface area contributed by atoms with Gasteiger partial charge in [0.1, 0.15) is 9.77 Å². The molecule has 0 aromatic carbocycles. The van der Waals surface area contributed by atoms with E-state index in [1.54, 1.807) is 0 Å². The minimum Gasteiger partial charge on any atom is -0.477 e. The molecule has 0 radical (unpaired) electrons. The van der Waals surface area contributed by atoms with Crippen molar-refractivity contribution in [1.29, 1.82) is 0 Å². The van der Waals surface area contributed by atoms with Crippen LogP contribution in [0.4, 0.5) is 0 Å². The standard InChI is InChI=1S/C8H10BrNO5S2/c9-7-6(4-5(16-7)8(12)13)17(14,15)10-2-1-3-11/h4,10-11H,1-3H2,(H,12,13). The Hall–Kier alpha value is -0.480. The quantitative estimate of drug-likeness (QED) is 0.665. The summed E-state index contributed by atoms with van der Waals surface area (Å²) in [4.78, 5) is 10.5. The first-order valence-corrected chi connectivity index (χ1v) is 7.61. The smallest absolute Gasteiger partial charge is 0.345 e. The molecule has 1 heterocycles. The van der Waals surface area contributed by atoms with Gasteiger partial charge in [-0.3, -0.25) is 0 Å². The Morgan fingerprint density at radius 3 is 2.65 bits per heavy atom. The predicted molar refractivity (Wildman–Crippen MR) is 65.9 cm³/mol. The number of nitrogens with one attached hydrogen (secondary N) is 1. The van der Waals surface area contributed by atoms with Crippen LogP contribution in [-0.2, 0) is 10.0 Å². The summed E-state index contributed by atoms with van der Waals surface area (Å²) in [5.74, 6) is -1.17. The molecule has 3 N–H and O–H groups in total. The van der Waals surface area contributed by atoms with Crippen LogP contribution in [0, 0.1) is 0 Å². The molecule has 1 aromatic heterocycles. The average molecular weight is 344 g/mol. The lowest BCUT2D eigenvalue weighted by Gasteiger charge is -2.03. The summed E-state index contributed by atoms with van der Waals surface area (Å²) in [5.41, 5.74) is 0. The molecule has 0 unspecified atom stereocenters. The van der Waals surface area contributed by atoms with Gasteiger partial charge in [-0.25, -0.2) is 17.9 Å². The van der Waals surface area contributed by atoms with E-state index in [0.29, 0.717) is 6.42 Å². The van der Waals surface area contributed by atoms with Gasteiger partial charge in [-0.1, -0.05) is 0 Å². The highest BCUT2D eigenvalue weighted by Crippen LogP contribution is 2.31. The number of hydrogen-bond acceptors (Lipinski definition) is 5. The fourth-order valence-electron chi connectivity index (χ4n) is 1.00. The van der Waals surface area contributed by atoms with Crippen LogP contribution in [0.1, 0.15) is 16.1 Å². The van der Waals surface area contributed by atoms with Gasteiger partial charge in [0, 0.05) is 13.2 Å². The minimum absolute atomic E-state index is 0.0561. The van der Waals surface area contributed by atoms with Crippen molar-refractivity contribution < 1.29 is 23.4 Å². The molecule has 17 heavy (non-hydrogen) atoms. The maximum atomic E-state index is 11.8. The third-order valence-electron chi connectivity index (χ3n) is 1.78. The van der Waals surface area contributed by atoms with E-state index in [2.05, 4.69) is 20.7 Å². The highest BCUT2D eigenvalue weighted by atomic mass is 79.9. The van der Waals surface area contributed by atoms with Gasteiger partial charge < -0.3 is 10.2 Å². The molecule has 0 fully saturated rings. The number of carboxylic acids is 1. The Bertz CT molecular complexity index is 510. The SMILES string of the molecule is O=C(O)c1cc(S(=O)(=O)NCCCO)c(Br)s1. The zero-order valence-corrected chi connectivity index (χ0v) is 11.7. The van der Waals surface area contributed by atoms with Crippen molar-refractivity contribution in [1.82, 2.24) is 4.72 Å². The second kappa shape index (κ2) is 5.91. The number of carboxylic acid groups (broad SMARTS) is 1. The first-order chi connectivity index (χ1) is 7.88. The summed E-state index contributed by atoms with van der Waals surface area (Å²) in [7, 11) is -3.74. The van der Waals surface area contributed by atoms with E-state index >= 15 is 0 Å². The van der Waals surface area contributed by atoms with Crippen molar-refractivity contribution in [2.24, 2.45) is 0 Å². The van der Waals surface area contributed by atoms with Crippen LogP contribution in [-0.4, -0.2) is 37.8 Å². The third kappa shape index (κ3) is 3.75. The molecule has 6 nitrogen and oxygen atoms in total. The molecule has 0 aliphatic rings. The largest absolute Gasteiger partial charge is 0.477 e. The maximum Gasteiger partial charge on any atom is 0.345 e. The molecular weight excluding hydrogens is 334 g/mol. The number of sulfonamides is 1. The Kier molecular flexibility index (Phi) is 5.07. The van der Waals surface area contributed by atoms with Crippen LogP contribution in [0.25, 0.3) is 0 Å².